The van der Waals surface area contributed by atoms with Gasteiger partial charge in [0.25, 0.3) is 0 Å². The summed E-state index contributed by atoms with van der Waals surface area (Å²) in [4.78, 5) is 0. The van der Waals surface area contributed by atoms with Crippen LogP contribution < -0.4 is 0 Å². The third kappa shape index (κ3) is 2.43. The summed E-state index contributed by atoms with van der Waals surface area (Å²) in [6.45, 7) is 6.96. The van der Waals surface area contributed by atoms with Crippen LogP contribution in [0.25, 0.3) is 0 Å². The summed E-state index contributed by atoms with van der Waals surface area (Å²) in [5, 5.41) is 18.3. The van der Waals surface area contributed by atoms with E-state index >= 15 is 0 Å². The standard InChI is InChI=1S/C14H19N3O/c1-4-7-17-13(9-15-16-17)14(18)12-6-5-10(2)11(3)8-12/h5-6,8-9,14,18H,4,7H2,1-3H3. The fourth-order valence-electron chi connectivity index (χ4n) is 1.97. The molecule has 0 aliphatic carbocycles. The normalized spacial score (nSPS) is 12.7. The van der Waals surface area contributed by atoms with Crippen LogP contribution in [-0.4, -0.2) is 20.1 Å². The molecular weight excluding hydrogens is 226 g/mol. The first-order valence-corrected chi connectivity index (χ1v) is 6.27. The molecular formula is C14H19N3O. The zero-order valence-electron chi connectivity index (χ0n) is 11.1. The summed E-state index contributed by atoms with van der Waals surface area (Å²) >= 11 is 0. The summed E-state index contributed by atoms with van der Waals surface area (Å²) in [7, 11) is 0. The number of benzene rings is 1. The van der Waals surface area contributed by atoms with E-state index in [1.807, 2.05) is 25.1 Å². The van der Waals surface area contributed by atoms with E-state index in [0.29, 0.717) is 0 Å². The smallest absolute Gasteiger partial charge is 0.122 e. The van der Waals surface area contributed by atoms with Gasteiger partial charge >= 0.3 is 0 Å². The van der Waals surface area contributed by atoms with Gasteiger partial charge in [0.05, 0.1) is 11.9 Å². The van der Waals surface area contributed by atoms with E-state index in [1.54, 1.807) is 10.9 Å². The highest BCUT2D eigenvalue weighted by molar-refractivity contribution is 5.33. The van der Waals surface area contributed by atoms with E-state index < -0.39 is 6.10 Å². The molecule has 4 heteroatoms. The molecule has 1 unspecified atom stereocenters. The van der Waals surface area contributed by atoms with Crippen LogP contribution in [0, 0.1) is 13.8 Å². The van der Waals surface area contributed by atoms with Crippen LogP contribution in [0.2, 0.25) is 0 Å². The number of aliphatic hydroxyl groups is 1. The SMILES string of the molecule is CCCn1nncc1C(O)c1ccc(C)c(C)c1. The number of hydrogen-bond acceptors (Lipinski definition) is 3. The molecule has 0 bridgehead atoms. The highest BCUT2D eigenvalue weighted by Gasteiger charge is 2.16. The third-order valence-electron chi connectivity index (χ3n) is 3.21. The van der Waals surface area contributed by atoms with Crippen LogP contribution >= 0.6 is 0 Å². The van der Waals surface area contributed by atoms with Gasteiger partial charge in [-0.1, -0.05) is 30.3 Å². The van der Waals surface area contributed by atoms with Crippen LogP contribution in [-0.2, 0) is 6.54 Å². The fraction of sp³-hybridized carbons (Fsp3) is 0.429. The molecule has 18 heavy (non-hydrogen) atoms. The van der Waals surface area contributed by atoms with Crippen molar-refractivity contribution < 1.29 is 5.11 Å². The van der Waals surface area contributed by atoms with Crippen molar-refractivity contribution in [3.8, 4) is 0 Å². The molecule has 0 aliphatic rings. The Kier molecular flexibility index (Phi) is 3.77. The first-order valence-electron chi connectivity index (χ1n) is 6.27. The second kappa shape index (κ2) is 5.31. The van der Waals surface area contributed by atoms with Crippen LogP contribution in [0.1, 0.15) is 41.8 Å². The van der Waals surface area contributed by atoms with Gasteiger partial charge in [-0.3, -0.25) is 0 Å². The first-order chi connectivity index (χ1) is 8.63. The lowest BCUT2D eigenvalue weighted by Gasteiger charge is -2.13. The van der Waals surface area contributed by atoms with Crippen molar-refractivity contribution in [2.24, 2.45) is 0 Å². The maximum Gasteiger partial charge on any atom is 0.122 e. The van der Waals surface area contributed by atoms with E-state index in [2.05, 4.69) is 24.2 Å². The zero-order chi connectivity index (χ0) is 13.1. The maximum absolute atomic E-state index is 10.4. The largest absolute Gasteiger partial charge is 0.382 e. The average molecular weight is 245 g/mol. The number of aromatic nitrogens is 3. The summed E-state index contributed by atoms with van der Waals surface area (Å²) in [5.74, 6) is 0. The van der Waals surface area contributed by atoms with E-state index in [0.717, 1.165) is 24.2 Å². The molecule has 2 rings (SSSR count). The molecule has 4 nitrogen and oxygen atoms in total. The van der Waals surface area contributed by atoms with E-state index in [1.165, 1.54) is 11.1 Å². The molecule has 96 valence electrons. The first kappa shape index (κ1) is 12.8. The fourth-order valence-corrected chi connectivity index (χ4v) is 1.97. The molecule has 0 radical (unpaired) electrons. The van der Waals surface area contributed by atoms with Crippen molar-refractivity contribution in [1.29, 1.82) is 0 Å². The topological polar surface area (TPSA) is 50.9 Å². The van der Waals surface area contributed by atoms with Gasteiger partial charge in [0.15, 0.2) is 0 Å². The van der Waals surface area contributed by atoms with Gasteiger partial charge in [-0.2, -0.15) is 0 Å². The summed E-state index contributed by atoms with van der Waals surface area (Å²) in [6.07, 6.45) is 1.94. The molecule has 1 N–H and O–H groups in total. The van der Waals surface area contributed by atoms with Crippen LogP contribution in [0.4, 0.5) is 0 Å². The van der Waals surface area contributed by atoms with Gasteiger partial charge in [0.1, 0.15) is 6.10 Å². The van der Waals surface area contributed by atoms with Crippen molar-refractivity contribution in [2.75, 3.05) is 0 Å². The lowest BCUT2D eigenvalue weighted by Crippen LogP contribution is -2.10. The molecule has 1 atom stereocenters. The molecule has 2 aromatic rings. The highest BCUT2D eigenvalue weighted by Crippen LogP contribution is 2.23. The number of nitrogens with zero attached hydrogens (tertiary/aromatic N) is 3. The Morgan fingerprint density at radius 3 is 2.72 bits per heavy atom. The van der Waals surface area contributed by atoms with Gasteiger partial charge in [-0.05, 0) is 37.0 Å². The van der Waals surface area contributed by atoms with Crippen molar-refractivity contribution in [3.63, 3.8) is 0 Å². The summed E-state index contributed by atoms with van der Waals surface area (Å²) < 4.78 is 1.76. The van der Waals surface area contributed by atoms with Crippen LogP contribution in [0.5, 0.6) is 0 Å². The molecule has 0 spiro atoms. The molecule has 1 aromatic carbocycles. The predicted molar refractivity (Wildman–Crippen MR) is 70.3 cm³/mol. The molecule has 0 fully saturated rings. The van der Waals surface area contributed by atoms with Gasteiger partial charge in [-0.15, -0.1) is 5.10 Å². The second-order valence-electron chi connectivity index (χ2n) is 4.63. The zero-order valence-corrected chi connectivity index (χ0v) is 11.1. The molecule has 0 amide bonds. The van der Waals surface area contributed by atoms with Gasteiger partial charge in [0.2, 0.25) is 0 Å². The number of rotatable bonds is 4. The Hall–Kier alpha value is -1.68. The quantitative estimate of drug-likeness (QED) is 0.899. The average Bonchev–Trinajstić information content (AvgIpc) is 2.80. The summed E-state index contributed by atoms with van der Waals surface area (Å²) in [6, 6.07) is 6.00. The molecule has 1 aromatic heterocycles. The molecule has 0 saturated carbocycles. The van der Waals surface area contributed by atoms with Crippen molar-refractivity contribution in [1.82, 2.24) is 15.0 Å². The van der Waals surface area contributed by atoms with Crippen molar-refractivity contribution in [2.45, 2.75) is 39.8 Å². The molecule has 0 aliphatic heterocycles. The minimum atomic E-state index is -0.661. The predicted octanol–water partition coefficient (Wildman–Crippen LogP) is 2.39. The van der Waals surface area contributed by atoms with Crippen molar-refractivity contribution in [3.05, 3.63) is 46.8 Å². The van der Waals surface area contributed by atoms with E-state index in [9.17, 15) is 5.11 Å². The Bertz CT molecular complexity index is 534. The summed E-state index contributed by atoms with van der Waals surface area (Å²) in [5.41, 5.74) is 4.05. The van der Waals surface area contributed by atoms with Crippen LogP contribution in [0.3, 0.4) is 0 Å². The van der Waals surface area contributed by atoms with Crippen molar-refractivity contribution >= 4 is 0 Å². The Labute approximate surface area is 107 Å². The lowest BCUT2D eigenvalue weighted by atomic mass is 10.0. The third-order valence-corrected chi connectivity index (χ3v) is 3.21. The molecule has 0 saturated heterocycles. The number of hydrogen-bond donors (Lipinski definition) is 1. The Balaban J connectivity index is 2.32. The minimum Gasteiger partial charge on any atom is -0.382 e. The maximum atomic E-state index is 10.4. The lowest BCUT2D eigenvalue weighted by molar-refractivity contribution is 0.207. The van der Waals surface area contributed by atoms with Gasteiger partial charge < -0.3 is 5.11 Å². The number of aryl methyl sites for hydroxylation is 3. The van der Waals surface area contributed by atoms with Crippen LogP contribution in [0.15, 0.2) is 24.4 Å². The van der Waals surface area contributed by atoms with E-state index in [4.69, 9.17) is 0 Å². The minimum absolute atomic E-state index is 0.661. The van der Waals surface area contributed by atoms with E-state index in [-0.39, 0.29) is 0 Å². The molecule has 1 heterocycles. The monoisotopic (exact) mass is 245 g/mol. The Morgan fingerprint density at radius 2 is 2.06 bits per heavy atom. The number of aliphatic hydroxyl groups excluding tert-OH is 1. The second-order valence-corrected chi connectivity index (χ2v) is 4.63. The van der Waals surface area contributed by atoms with Gasteiger partial charge in [0, 0.05) is 6.54 Å². The Morgan fingerprint density at radius 1 is 1.28 bits per heavy atom. The highest BCUT2D eigenvalue weighted by atomic mass is 16.3. The van der Waals surface area contributed by atoms with Gasteiger partial charge in [-0.25, -0.2) is 4.68 Å².